The third-order valence-electron chi connectivity index (χ3n) is 1.71. The SMILES string of the molecule is CS(=O)(=O)N(C(=O)C(F)F)c1ccccc1. The van der Waals surface area contributed by atoms with Crippen LogP contribution in [0.5, 0.6) is 0 Å². The molecule has 1 aromatic rings. The van der Waals surface area contributed by atoms with Gasteiger partial charge in [0.15, 0.2) is 0 Å². The maximum absolute atomic E-state index is 12.2. The van der Waals surface area contributed by atoms with Crippen molar-refractivity contribution in [2.24, 2.45) is 0 Å². The zero-order valence-electron chi connectivity index (χ0n) is 8.30. The summed E-state index contributed by atoms with van der Waals surface area (Å²) in [5, 5.41) is 0. The van der Waals surface area contributed by atoms with Crippen LogP contribution >= 0.6 is 0 Å². The Morgan fingerprint density at radius 2 is 1.75 bits per heavy atom. The summed E-state index contributed by atoms with van der Waals surface area (Å²) < 4.78 is 47.1. The molecule has 88 valence electrons. The highest BCUT2D eigenvalue weighted by Crippen LogP contribution is 2.18. The predicted molar refractivity (Wildman–Crippen MR) is 54.8 cm³/mol. The van der Waals surface area contributed by atoms with E-state index in [2.05, 4.69) is 0 Å². The van der Waals surface area contributed by atoms with Gasteiger partial charge in [0.25, 0.3) is 0 Å². The first-order chi connectivity index (χ1) is 7.34. The van der Waals surface area contributed by atoms with Crippen LogP contribution in [0.4, 0.5) is 14.5 Å². The van der Waals surface area contributed by atoms with Crippen LogP contribution in [0.15, 0.2) is 30.3 Å². The molecule has 0 heterocycles. The van der Waals surface area contributed by atoms with Crippen molar-refractivity contribution in [2.75, 3.05) is 10.6 Å². The van der Waals surface area contributed by atoms with Crippen LogP contribution in [-0.2, 0) is 14.8 Å². The van der Waals surface area contributed by atoms with Crippen molar-refractivity contribution in [3.05, 3.63) is 30.3 Å². The van der Waals surface area contributed by atoms with E-state index < -0.39 is 22.4 Å². The Bertz CT molecular complexity index is 473. The first kappa shape index (κ1) is 12.6. The molecule has 0 bridgehead atoms. The molecule has 0 radical (unpaired) electrons. The van der Waals surface area contributed by atoms with Gasteiger partial charge in [-0.1, -0.05) is 18.2 Å². The molecule has 0 aromatic heterocycles. The third kappa shape index (κ3) is 2.75. The number of benzene rings is 1. The largest absolute Gasteiger partial charge is 0.317 e. The number of halogens is 2. The predicted octanol–water partition coefficient (Wildman–Crippen LogP) is 1.24. The number of anilines is 1. The van der Waals surface area contributed by atoms with Crippen LogP contribution in [0.25, 0.3) is 0 Å². The average molecular weight is 249 g/mol. The molecule has 0 aliphatic rings. The lowest BCUT2D eigenvalue weighted by Crippen LogP contribution is -2.39. The van der Waals surface area contributed by atoms with Gasteiger partial charge in [0, 0.05) is 0 Å². The molecule has 16 heavy (non-hydrogen) atoms. The molecule has 0 saturated heterocycles. The molecule has 1 rings (SSSR count). The topological polar surface area (TPSA) is 54.5 Å². The fourth-order valence-electron chi connectivity index (χ4n) is 1.13. The molecule has 0 aliphatic carbocycles. The Kier molecular flexibility index (Phi) is 3.58. The van der Waals surface area contributed by atoms with E-state index in [1.165, 1.54) is 24.3 Å². The lowest BCUT2D eigenvalue weighted by molar-refractivity contribution is -0.127. The summed E-state index contributed by atoms with van der Waals surface area (Å²) in [6.07, 6.45) is -2.67. The molecule has 0 spiro atoms. The smallest absolute Gasteiger partial charge is 0.267 e. The molecule has 0 atom stereocenters. The van der Waals surface area contributed by atoms with Crippen molar-refractivity contribution in [1.29, 1.82) is 0 Å². The molecular formula is C9H9F2NO3S. The summed E-state index contributed by atoms with van der Waals surface area (Å²) in [7, 11) is -4.06. The van der Waals surface area contributed by atoms with Crippen molar-refractivity contribution < 1.29 is 22.0 Å². The second-order valence-electron chi connectivity index (χ2n) is 3.00. The summed E-state index contributed by atoms with van der Waals surface area (Å²) in [6, 6.07) is 7.01. The zero-order valence-corrected chi connectivity index (χ0v) is 9.12. The Morgan fingerprint density at radius 3 is 2.12 bits per heavy atom. The van der Waals surface area contributed by atoms with Crippen LogP contribution in [0, 0.1) is 0 Å². The summed E-state index contributed by atoms with van der Waals surface area (Å²) in [5.41, 5.74) is -0.102. The van der Waals surface area contributed by atoms with E-state index in [-0.39, 0.29) is 9.99 Å². The third-order valence-corrected chi connectivity index (χ3v) is 2.76. The quantitative estimate of drug-likeness (QED) is 0.810. The Morgan fingerprint density at radius 1 is 1.25 bits per heavy atom. The number of para-hydroxylation sites is 1. The van der Waals surface area contributed by atoms with Gasteiger partial charge in [-0.25, -0.2) is 12.7 Å². The van der Waals surface area contributed by atoms with Gasteiger partial charge in [-0.15, -0.1) is 0 Å². The molecular weight excluding hydrogens is 240 g/mol. The van der Waals surface area contributed by atoms with Gasteiger partial charge in [0.2, 0.25) is 10.0 Å². The second kappa shape index (κ2) is 4.56. The fraction of sp³-hybridized carbons (Fsp3) is 0.222. The average Bonchev–Trinajstić information content (AvgIpc) is 2.17. The van der Waals surface area contributed by atoms with Crippen molar-refractivity contribution in [3.63, 3.8) is 0 Å². The van der Waals surface area contributed by atoms with E-state index in [0.717, 1.165) is 0 Å². The highest BCUT2D eigenvalue weighted by Gasteiger charge is 2.31. The van der Waals surface area contributed by atoms with Gasteiger partial charge in [-0.2, -0.15) is 8.78 Å². The number of alkyl halides is 2. The van der Waals surface area contributed by atoms with E-state index >= 15 is 0 Å². The highest BCUT2D eigenvalue weighted by molar-refractivity contribution is 7.92. The molecule has 0 fully saturated rings. The second-order valence-corrected chi connectivity index (χ2v) is 4.83. The number of hydrogen-bond donors (Lipinski definition) is 0. The van der Waals surface area contributed by atoms with E-state index in [9.17, 15) is 22.0 Å². The molecule has 0 unspecified atom stereocenters. The number of amides is 1. The van der Waals surface area contributed by atoms with Gasteiger partial charge < -0.3 is 0 Å². The van der Waals surface area contributed by atoms with Crippen molar-refractivity contribution in [1.82, 2.24) is 0 Å². The molecule has 7 heteroatoms. The highest BCUT2D eigenvalue weighted by atomic mass is 32.2. The monoisotopic (exact) mass is 249 g/mol. The first-order valence-corrected chi connectivity index (χ1v) is 6.06. The number of hydrogen-bond acceptors (Lipinski definition) is 3. The summed E-state index contributed by atoms with van der Waals surface area (Å²) in [6.45, 7) is 0. The van der Waals surface area contributed by atoms with Crippen molar-refractivity contribution in [3.8, 4) is 0 Å². The minimum absolute atomic E-state index is 0.0949. The number of rotatable bonds is 3. The number of carbonyl (C=O) groups is 1. The molecule has 0 saturated carbocycles. The van der Waals surface area contributed by atoms with Crippen LogP contribution < -0.4 is 4.31 Å². The Balaban J connectivity index is 3.24. The first-order valence-electron chi connectivity index (χ1n) is 4.21. The number of carbonyl (C=O) groups excluding carboxylic acids is 1. The van der Waals surface area contributed by atoms with Crippen molar-refractivity contribution in [2.45, 2.75) is 6.43 Å². The fourth-order valence-corrected chi connectivity index (χ4v) is 2.05. The maximum Gasteiger partial charge on any atom is 0.317 e. The van der Waals surface area contributed by atoms with Gasteiger partial charge >= 0.3 is 12.3 Å². The summed E-state index contributed by atoms with van der Waals surface area (Å²) in [5.74, 6) is -1.76. The zero-order chi connectivity index (χ0) is 12.3. The minimum Gasteiger partial charge on any atom is -0.267 e. The van der Waals surface area contributed by atoms with Gasteiger partial charge in [-0.05, 0) is 12.1 Å². The van der Waals surface area contributed by atoms with E-state index in [1.54, 1.807) is 6.07 Å². The number of nitrogens with zero attached hydrogens (tertiary/aromatic N) is 1. The number of sulfonamides is 1. The van der Waals surface area contributed by atoms with E-state index in [4.69, 9.17) is 0 Å². The van der Waals surface area contributed by atoms with Crippen LogP contribution in [0.3, 0.4) is 0 Å². The lowest BCUT2D eigenvalue weighted by Gasteiger charge is -2.19. The molecule has 0 aliphatic heterocycles. The van der Waals surface area contributed by atoms with E-state index in [0.29, 0.717) is 6.26 Å². The van der Waals surface area contributed by atoms with Crippen LogP contribution in [0.1, 0.15) is 0 Å². The summed E-state index contributed by atoms with van der Waals surface area (Å²) in [4.78, 5) is 11.1. The normalized spacial score (nSPS) is 11.5. The standard InChI is InChI=1S/C9H9F2NO3S/c1-16(14,15)12(9(13)8(10)11)7-5-3-2-4-6-7/h2-6,8H,1H3. The maximum atomic E-state index is 12.2. The minimum atomic E-state index is -4.06. The summed E-state index contributed by atoms with van der Waals surface area (Å²) >= 11 is 0. The Labute approximate surface area is 91.5 Å². The van der Waals surface area contributed by atoms with Gasteiger partial charge in [0.05, 0.1) is 11.9 Å². The van der Waals surface area contributed by atoms with Crippen molar-refractivity contribution >= 4 is 21.6 Å². The van der Waals surface area contributed by atoms with E-state index in [1.807, 2.05) is 0 Å². The molecule has 4 nitrogen and oxygen atoms in total. The van der Waals surface area contributed by atoms with Gasteiger partial charge in [-0.3, -0.25) is 4.79 Å². The van der Waals surface area contributed by atoms with Crippen LogP contribution in [0.2, 0.25) is 0 Å². The van der Waals surface area contributed by atoms with Gasteiger partial charge in [0.1, 0.15) is 0 Å². The molecule has 0 N–H and O–H groups in total. The molecule has 1 amide bonds. The van der Waals surface area contributed by atoms with Crippen LogP contribution in [-0.4, -0.2) is 27.0 Å². The Hall–Kier alpha value is -1.50. The molecule has 1 aromatic carbocycles. The lowest BCUT2D eigenvalue weighted by atomic mass is 10.3.